The third-order valence-corrected chi connectivity index (χ3v) is 2.76. The summed E-state index contributed by atoms with van der Waals surface area (Å²) in [5.74, 6) is -0.550. The minimum atomic E-state index is -0.437. The van der Waals surface area contributed by atoms with Crippen molar-refractivity contribution < 1.29 is 14.3 Å². The molecule has 0 atom stereocenters. The van der Waals surface area contributed by atoms with E-state index in [9.17, 15) is 14.3 Å². The van der Waals surface area contributed by atoms with Gasteiger partial charge in [-0.05, 0) is 36.2 Å². The Balaban J connectivity index is 1.90. The van der Waals surface area contributed by atoms with Crippen LogP contribution in [0.3, 0.4) is 0 Å². The zero-order valence-corrected chi connectivity index (χ0v) is 10.3. The molecule has 0 bridgehead atoms. The fraction of sp³-hybridized carbons (Fsp3) is 0.133. The van der Waals surface area contributed by atoms with Crippen LogP contribution >= 0.6 is 0 Å². The van der Waals surface area contributed by atoms with Crippen molar-refractivity contribution in [1.29, 1.82) is 0 Å². The number of hydrogen-bond acceptors (Lipinski definition) is 2. The molecule has 0 aromatic heterocycles. The van der Waals surface area contributed by atoms with E-state index in [0.29, 0.717) is 13.0 Å². The summed E-state index contributed by atoms with van der Waals surface area (Å²) in [6.45, 7) is 0.382. The van der Waals surface area contributed by atoms with Crippen molar-refractivity contribution in [2.45, 2.75) is 6.42 Å². The zero-order chi connectivity index (χ0) is 13.7. The highest BCUT2D eigenvalue weighted by Crippen LogP contribution is 2.15. The molecule has 0 aliphatic carbocycles. The van der Waals surface area contributed by atoms with Gasteiger partial charge in [-0.25, -0.2) is 4.39 Å². The quantitative estimate of drug-likeness (QED) is 0.886. The van der Waals surface area contributed by atoms with Gasteiger partial charge in [0.2, 0.25) is 0 Å². The molecule has 0 saturated carbocycles. The Labute approximate surface area is 110 Å². The van der Waals surface area contributed by atoms with Gasteiger partial charge in [-0.15, -0.1) is 0 Å². The van der Waals surface area contributed by atoms with Gasteiger partial charge in [0.25, 0.3) is 5.91 Å². The van der Waals surface area contributed by atoms with E-state index in [-0.39, 0.29) is 17.2 Å². The molecule has 0 aliphatic rings. The van der Waals surface area contributed by atoms with Crippen LogP contribution in [0.25, 0.3) is 0 Å². The first kappa shape index (κ1) is 13.1. The van der Waals surface area contributed by atoms with E-state index in [1.807, 2.05) is 6.07 Å². The summed E-state index contributed by atoms with van der Waals surface area (Å²) < 4.78 is 13.0. The Kier molecular flexibility index (Phi) is 4.13. The fourth-order valence-electron chi connectivity index (χ4n) is 1.76. The second-order valence-corrected chi connectivity index (χ2v) is 4.14. The highest BCUT2D eigenvalue weighted by Gasteiger charge is 2.06. The van der Waals surface area contributed by atoms with Gasteiger partial charge in [0.1, 0.15) is 11.6 Å². The molecule has 0 fully saturated rings. The predicted octanol–water partition coefficient (Wildman–Crippen LogP) is 2.50. The number of phenols is 1. The summed E-state index contributed by atoms with van der Waals surface area (Å²) in [7, 11) is 0. The number of carbonyl (C=O) groups is 1. The standard InChI is InChI=1S/C15H14FNO2/c16-13-6-3-5-12(10-13)15(19)17-9-8-11-4-1-2-7-14(11)18/h1-7,10,18H,8-9H2,(H,17,19). The minimum absolute atomic E-state index is 0.211. The number of rotatable bonds is 4. The highest BCUT2D eigenvalue weighted by atomic mass is 19.1. The Morgan fingerprint density at radius 1 is 1.16 bits per heavy atom. The molecule has 2 N–H and O–H groups in total. The minimum Gasteiger partial charge on any atom is -0.508 e. The zero-order valence-electron chi connectivity index (χ0n) is 10.3. The summed E-state index contributed by atoms with van der Waals surface area (Å²) >= 11 is 0. The molecule has 98 valence electrons. The highest BCUT2D eigenvalue weighted by molar-refractivity contribution is 5.94. The first-order valence-corrected chi connectivity index (χ1v) is 5.97. The van der Waals surface area contributed by atoms with Crippen LogP contribution in [-0.4, -0.2) is 17.6 Å². The van der Waals surface area contributed by atoms with Crippen LogP contribution in [0.5, 0.6) is 5.75 Å². The van der Waals surface area contributed by atoms with Crippen molar-refractivity contribution in [1.82, 2.24) is 5.32 Å². The van der Waals surface area contributed by atoms with Gasteiger partial charge < -0.3 is 10.4 Å². The Morgan fingerprint density at radius 3 is 2.68 bits per heavy atom. The lowest BCUT2D eigenvalue weighted by molar-refractivity contribution is 0.0953. The number of aromatic hydroxyl groups is 1. The number of benzene rings is 2. The molecule has 0 unspecified atom stereocenters. The molecule has 0 heterocycles. The lowest BCUT2D eigenvalue weighted by atomic mass is 10.1. The van der Waals surface area contributed by atoms with Gasteiger partial charge in [-0.3, -0.25) is 4.79 Å². The number of carbonyl (C=O) groups excluding carboxylic acids is 1. The normalized spacial score (nSPS) is 10.2. The molecular formula is C15H14FNO2. The van der Waals surface area contributed by atoms with Gasteiger partial charge in [-0.1, -0.05) is 24.3 Å². The van der Waals surface area contributed by atoms with Crippen molar-refractivity contribution in [2.75, 3.05) is 6.54 Å². The third-order valence-electron chi connectivity index (χ3n) is 2.76. The Morgan fingerprint density at radius 2 is 1.95 bits per heavy atom. The second kappa shape index (κ2) is 6.00. The van der Waals surface area contributed by atoms with Gasteiger partial charge in [-0.2, -0.15) is 0 Å². The van der Waals surface area contributed by atoms with E-state index in [4.69, 9.17) is 0 Å². The molecule has 0 radical (unpaired) electrons. The van der Waals surface area contributed by atoms with Crippen LogP contribution in [0.15, 0.2) is 48.5 Å². The van der Waals surface area contributed by atoms with Crippen molar-refractivity contribution >= 4 is 5.91 Å². The average Bonchev–Trinajstić information content (AvgIpc) is 2.41. The molecular weight excluding hydrogens is 245 g/mol. The molecule has 3 nitrogen and oxygen atoms in total. The summed E-state index contributed by atoms with van der Waals surface area (Å²) in [5, 5.41) is 12.3. The summed E-state index contributed by atoms with van der Waals surface area (Å²) in [5.41, 5.74) is 1.05. The summed E-state index contributed by atoms with van der Waals surface area (Å²) in [6.07, 6.45) is 0.522. The monoisotopic (exact) mass is 259 g/mol. The maximum atomic E-state index is 13.0. The van der Waals surface area contributed by atoms with Gasteiger partial charge >= 0.3 is 0 Å². The molecule has 2 aromatic rings. The molecule has 1 amide bonds. The average molecular weight is 259 g/mol. The summed E-state index contributed by atoms with van der Waals surface area (Å²) in [4.78, 5) is 11.7. The summed E-state index contributed by atoms with van der Waals surface area (Å²) in [6, 6.07) is 12.5. The van der Waals surface area contributed by atoms with Crippen molar-refractivity contribution in [3.05, 3.63) is 65.5 Å². The van der Waals surface area contributed by atoms with E-state index in [0.717, 1.165) is 5.56 Å². The Hall–Kier alpha value is -2.36. The van der Waals surface area contributed by atoms with E-state index < -0.39 is 5.82 Å². The number of phenolic OH excluding ortho intramolecular Hbond substituents is 1. The van der Waals surface area contributed by atoms with Crippen LogP contribution in [0.4, 0.5) is 4.39 Å². The van der Waals surface area contributed by atoms with E-state index in [2.05, 4.69) is 5.32 Å². The van der Waals surface area contributed by atoms with Gasteiger partial charge in [0.15, 0.2) is 0 Å². The first-order chi connectivity index (χ1) is 9.16. The van der Waals surface area contributed by atoms with Gasteiger partial charge in [0, 0.05) is 12.1 Å². The van der Waals surface area contributed by atoms with Gasteiger partial charge in [0.05, 0.1) is 0 Å². The smallest absolute Gasteiger partial charge is 0.251 e. The number of nitrogens with one attached hydrogen (secondary N) is 1. The largest absolute Gasteiger partial charge is 0.508 e. The SMILES string of the molecule is O=C(NCCc1ccccc1O)c1cccc(F)c1. The molecule has 0 aliphatic heterocycles. The topological polar surface area (TPSA) is 49.3 Å². The van der Waals surface area contributed by atoms with Crippen molar-refractivity contribution in [3.8, 4) is 5.75 Å². The number of hydrogen-bond donors (Lipinski definition) is 2. The maximum absolute atomic E-state index is 13.0. The predicted molar refractivity (Wildman–Crippen MR) is 70.5 cm³/mol. The van der Waals surface area contributed by atoms with Crippen LogP contribution < -0.4 is 5.32 Å². The molecule has 4 heteroatoms. The van der Waals surface area contributed by atoms with Crippen LogP contribution in [-0.2, 0) is 6.42 Å². The lowest BCUT2D eigenvalue weighted by Crippen LogP contribution is -2.25. The molecule has 0 saturated heterocycles. The van der Waals surface area contributed by atoms with E-state index >= 15 is 0 Å². The molecule has 2 rings (SSSR count). The van der Waals surface area contributed by atoms with Crippen molar-refractivity contribution in [2.24, 2.45) is 0 Å². The number of amides is 1. The Bertz CT molecular complexity index is 584. The third kappa shape index (κ3) is 3.55. The molecule has 0 spiro atoms. The number of para-hydroxylation sites is 1. The molecule has 2 aromatic carbocycles. The van der Waals surface area contributed by atoms with Crippen molar-refractivity contribution in [3.63, 3.8) is 0 Å². The number of halogens is 1. The van der Waals surface area contributed by atoms with Crippen LogP contribution in [0, 0.1) is 5.82 Å². The maximum Gasteiger partial charge on any atom is 0.251 e. The first-order valence-electron chi connectivity index (χ1n) is 5.97. The second-order valence-electron chi connectivity index (χ2n) is 4.14. The van der Waals surface area contributed by atoms with Crippen LogP contribution in [0.2, 0.25) is 0 Å². The van der Waals surface area contributed by atoms with E-state index in [1.54, 1.807) is 24.3 Å². The lowest BCUT2D eigenvalue weighted by Gasteiger charge is -2.06. The molecule has 19 heavy (non-hydrogen) atoms. The van der Waals surface area contributed by atoms with Crippen LogP contribution in [0.1, 0.15) is 15.9 Å². The van der Waals surface area contributed by atoms with E-state index in [1.165, 1.54) is 18.2 Å². The fourth-order valence-corrected chi connectivity index (χ4v) is 1.76.